The molecule has 0 bridgehead atoms. The molecule has 25 heavy (non-hydrogen) atoms. The van der Waals surface area contributed by atoms with E-state index in [9.17, 15) is 0 Å². The Labute approximate surface area is 145 Å². The molecule has 0 atom stereocenters. The average Bonchev–Trinajstić information content (AvgIpc) is 3.23. The van der Waals surface area contributed by atoms with E-state index in [-0.39, 0.29) is 5.54 Å². The SMILES string of the molecule is COc1cccc2nc(Nc3cnn(C(C)(C)C)c3)c3[nH]ncc3c12. The van der Waals surface area contributed by atoms with E-state index >= 15 is 0 Å². The van der Waals surface area contributed by atoms with Crippen LogP contribution in [-0.4, -0.2) is 32.1 Å². The van der Waals surface area contributed by atoms with Crippen molar-refractivity contribution in [2.45, 2.75) is 26.3 Å². The van der Waals surface area contributed by atoms with E-state index in [4.69, 9.17) is 9.72 Å². The number of hydrogen-bond donors (Lipinski definition) is 2. The van der Waals surface area contributed by atoms with Crippen LogP contribution in [0.25, 0.3) is 21.8 Å². The van der Waals surface area contributed by atoms with E-state index in [0.29, 0.717) is 5.82 Å². The van der Waals surface area contributed by atoms with Gasteiger partial charge in [-0.05, 0) is 32.9 Å². The molecule has 128 valence electrons. The maximum atomic E-state index is 5.49. The number of anilines is 2. The van der Waals surface area contributed by atoms with Gasteiger partial charge < -0.3 is 10.1 Å². The molecular formula is C18H20N6O. The van der Waals surface area contributed by atoms with Crippen molar-refractivity contribution in [2.75, 3.05) is 12.4 Å². The summed E-state index contributed by atoms with van der Waals surface area (Å²) in [6.45, 7) is 6.33. The molecule has 0 aliphatic heterocycles. The van der Waals surface area contributed by atoms with Gasteiger partial charge in [-0.3, -0.25) is 9.78 Å². The molecule has 0 saturated heterocycles. The molecule has 0 spiro atoms. The third kappa shape index (κ3) is 2.57. The Balaban J connectivity index is 1.84. The van der Waals surface area contributed by atoms with E-state index in [0.717, 1.165) is 33.2 Å². The number of nitrogens with one attached hydrogen (secondary N) is 2. The molecule has 1 aromatic carbocycles. The lowest BCUT2D eigenvalue weighted by atomic mass is 10.1. The maximum Gasteiger partial charge on any atom is 0.157 e. The molecule has 3 aromatic heterocycles. The summed E-state index contributed by atoms with van der Waals surface area (Å²) < 4.78 is 7.41. The first-order chi connectivity index (χ1) is 12.0. The summed E-state index contributed by atoms with van der Waals surface area (Å²) in [5.41, 5.74) is 2.48. The summed E-state index contributed by atoms with van der Waals surface area (Å²) >= 11 is 0. The smallest absolute Gasteiger partial charge is 0.157 e. The Morgan fingerprint density at radius 1 is 1.20 bits per heavy atom. The third-order valence-electron chi connectivity index (χ3n) is 4.13. The van der Waals surface area contributed by atoms with Crippen LogP contribution in [0.3, 0.4) is 0 Å². The first-order valence-corrected chi connectivity index (χ1v) is 8.09. The van der Waals surface area contributed by atoms with E-state index in [1.165, 1.54) is 0 Å². The fraction of sp³-hybridized carbons (Fsp3) is 0.278. The van der Waals surface area contributed by atoms with Crippen molar-refractivity contribution in [3.63, 3.8) is 0 Å². The Morgan fingerprint density at radius 3 is 2.76 bits per heavy atom. The zero-order chi connectivity index (χ0) is 17.6. The summed E-state index contributed by atoms with van der Waals surface area (Å²) in [7, 11) is 1.66. The fourth-order valence-corrected chi connectivity index (χ4v) is 2.87. The number of aromatic amines is 1. The van der Waals surface area contributed by atoms with E-state index in [1.807, 2.05) is 29.1 Å². The average molecular weight is 336 g/mol. The van der Waals surface area contributed by atoms with Crippen LogP contribution in [0.2, 0.25) is 0 Å². The number of H-pyrrole nitrogens is 1. The van der Waals surface area contributed by atoms with Gasteiger partial charge in [-0.2, -0.15) is 10.2 Å². The Morgan fingerprint density at radius 2 is 2.04 bits per heavy atom. The predicted octanol–water partition coefficient (Wildman–Crippen LogP) is 3.81. The normalized spacial score (nSPS) is 12.0. The molecule has 4 aromatic rings. The molecule has 2 N–H and O–H groups in total. The van der Waals surface area contributed by atoms with E-state index < -0.39 is 0 Å². The van der Waals surface area contributed by atoms with Crippen LogP contribution in [0.15, 0.2) is 36.8 Å². The lowest BCUT2D eigenvalue weighted by molar-refractivity contribution is 0.355. The molecule has 3 heterocycles. The summed E-state index contributed by atoms with van der Waals surface area (Å²) in [6.07, 6.45) is 5.57. The largest absolute Gasteiger partial charge is 0.496 e. The number of methoxy groups -OCH3 is 1. The number of fused-ring (bicyclic) bond motifs is 3. The van der Waals surface area contributed by atoms with Crippen molar-refractivity contribution in [1.82, 2.24) is 25.0 Å². The molecule has 4 rings (SSSR count). The van der Waals surface area contributed by atoms with Crippen molar-refractivity contribution in [1.29, 1.82) is 0 Å². The number of pyridine rings is 1. The van der Waals surface area contributed by atoms with Gasteiger partial charge >= 0.3 is 0 Å². The maximum absolute atomic E-state index is 5.49. The first-order valence-electron chi connectivity index (χ1n) is 8.09. The van der Waals surface area contributed by atoms with Crippen LogP contribution in [0, 0.1) is 0 Å². The van der Waals surface area contributed by atoms with Gasteiger partial charge in [0.05, 0.1) is 41.6 Å². The topological polar surface area (TPSA) is 80.6 Å². The minimum atomic E-state index is -0.0760. The Kier molecular flexibility index (Phi) is 3.38. The molecule has 7 heteroatoms. The second-order valence-electron chi connectivity index (χ2n) is 6.94. The molecule has 0 amide bonds. The van der Waals surface area contributed by atoms with Crippen molar-refractivity contribution >= 4 is 33.3 Å². The number of aromatic nitrogens is 5. The lowest BCUT2D eigenvalue weighted by Crippen LogP contribution is -2.21. The monoisotopic (exact) mass is 336 g/mol. The molecule has 0 saturated carbocycles. The van der Waals surface area contributed by atoms with Crippen molar-refractivity contribution in [3.8, 4) is 5.75 Å². The quantitative estimate of drug-likeness (QED) is 0.594. The van der Waals surface area contributed by atoms with Crippen LogP contribution >= 0.6 is 0 Å². The van der Waals surface area contributed by atoms with Gasteiger partial charge in [-0.1, -0.05) is 6.07 Å². The van der Waals surface area contributed by atoms with Gasteiger partial charge in [0.2, 0.25) is 0 Å². The van der Waals surface area contributed by atoms with Crippen LogP contribution in [0.1, 0.15) is 20.8 Å². The second-order valence-corrected chi connectivity index (χ2v) is 6.94. The minimum absolute atomic E-state index is 0.0760. The van der Waals surface area contributed by atoms with Crippen molar-refractivity contribution in [3.05, 3.63) is 36.8 Å². The molecule has 0 fully saturated rings. The van der Waals surface area contributed by atoms with Gasteiger partial charge in [0.1, 0.15) is 11.3 Å². The van der Waals surface area contributed by atoms with Crippen LogP contribution in [0.4, 0.5) is 11.5 Å². The second kappa shape index (κ2) is 5.47. The van der Waals surface area contributed by atoms with Crippen LogP contribution in [-0.2, 0) is 5.54 Å². The minimum Gasteiger partial charge on any atom is -0.496 e. The zero-order valence-corrected chi connectivity index (χ0v) is 14.7. The number of rotatable bonds is 3. The Bertz CT molecular complexity index is 1060. The van der Waals surface area contributed by atoms with E-state index in [1.54, 1.807) is 19.5 Å². The molecule has 0 aliphatic carbocycles. The number of nitrogens with zero attached hydrogens (tertiary/aromatic N) is 4. The molecular weight excluding hydrogens is 316 g/mol. The summed E-state index contributed by atoms with van der Waals surface area (Å²) in [6, 6.07) is 5.83. The number of ether oxygens (including phenoxy) is 1. The highest BCUT2D eigenvalue weighted by atomic mass is 16.5. The summed E-state index contributed by atoms with van der Waals surface area (Å²) in [5, 5.41) is 16.9. The third-order valence-corrected chi connectivity index (χ3v) is 4.13. The van der Waals surface area contributed by atoms with Gasteiger partial charge in [-0.15, -0.1) is 0 Å². The van der Waals surface area contributed by atoms with E-state index in [2.05, 4.69) is 41.4 Å². The van der Waals surface area contributed by atoms with Gasteiger partial charge in [0.15, 0.2) is 5.82 Å². The zero-order valence-electron chi connectivity index (χ0n) is 14.7. The van der Waals surface area contributed by atoms with Crippen LogP contribution < -0.4 is 10.1 Å². The summed E-state index contributed by atoms with van der Waals surface area (Å²) in [4.78, 5) is 4.75. The van der Waals surface area contributed by atoms with Gasteiger partial charge in [0.25, 0.3) is 0 Å². The molecule has 7 nitrogen and oxygen atoms in total. The molecule has 0 radical (unpaired) electrons. The first kappa shape index (κ1) is 15.4. The number of benzene rings is 1. The van der Waals surface area contributed by atoms with Crippen molar-refractivity contribution in [2.24, 2.45) is 0 Å². The molecule has 0 aliphatic rings. The van der Waals surface area contributed by atoms with Crippen molar-refractivity contribution < 1.29 is 4.74 Å². The standard InChI is InChI=1S/C18H20N6O/c1-18(2,3)24-10-11(8-20-24)21-17-16-12(9-19-23-16)15-13(22-17)6-5-7-14(15)25-4/h5-10H,1-4H3,(H,19,23)(H,21,22). The predicted molar refractivity (Wildman–Crippen MR) is 98.5 cm³/mol. The summed E-state index contributed by atoms with van der Waals surface area (Å²) in [5.74, 6) is 1.49. The number of hydrogen-bond acceptors (Lipinski definition) is 5. The highest BCUT2D eigenvalue weighted by molar-refractivity contribution is 6.11. The van der Waals surface area contributed by atoms with Gasteiger partial charge in [0, 0.05) is 11.6 Å². The highest BCUT2D eigenvalue weighted by Crippen LogP contribution is 2.34. The highest BCUT2D eigenvalue weighted by Gasteiger charge is 2.16. The Hall–Kier alpha value is -3.09. The lowest BCUT2D eigenvalue weighted by Gasteiger charge is -2.18. The molecule has 0 unspecified atom stereocenters. The van der Waals surface area contributed by atoms with Gasteiger partial charge in [-0.25, -0.2) is 4.98 Å². The van der Waals surface area contributed by atoms with Crippen LogP contribution in [0.5, 0.6) is 5.75 Å². The fourth-order valence-electron chi connectivity index (χ4n) is 2.87.